The van der Waals surface area contributed by atoms with Gasteiger partial charge in [0.1, 0.15) is 26.4 Å². The largest absolute Gasteiger partial charge is 0.466 e. The van der Waals surface area contributed by atoms with E-state index in [1.807, 2.05) is 0 Å². The summed E-state index contributed by atoms with van der Waals surface area (Å²) in [6.45, 7) is 9.14. The molecule has 384 valence electrons. The Bertz CT molecular complexity index is 1120. The highest BCUT2D eigenvalue weighted by atomic mass is 16.6. The zero-order chi connectivity index (χ0) is 48.9. The molecule has 0 fully saturated rings. The zero-order valence-electron chi connectivity index (χ0n) is 42.1. The molecule has 0 spiro atoms. The molecule has 0 heterocycles. The number of unbranched alkanes of at least 4 members (excludes halogenated alkanes) is 20. The Labute approximate surface area is 398 Å². The van der Waals surface area contributed by atoms with Crippen LogP contribution in [-0.2, 0) is 66.7 Å². The van der Waals surface area contributed by atoms with Crippen LogP contribution < -0.4 is 0 Å². The molecule has 14 heteroatoms. The fourth-order valence-corrected chi connectivity index (χ4v) is 7.18. The standard InChI is InChI=1S/C52H92O14/c1-6-11-15-19-23-27-31-46(53)61-39-44(40-62-47(54)32-28-24-20-16-12-7-2)65-50(57)37-35-43(52(59)60-10-5)36-38-51(58)66-45(41-63-48(55)33-29-25-21-17-13-8-3)42-64-49(56)34-30-26-22-18-14-9-4/h43-45H,6-42H2,1-5H3. The van der Waals surface area contributed by atoms with Gasteiger partial charge >= 0.3 is 41.8 Å². The first-order valence-electron chi connectivity index (χ1n) is 26.2. The maximum atomic E-state index is 13.2. The van der Waals surface area contributed by atoms with Crippen LogP contribution in [0.4, 0.5) is 0 Å². The summed E-state index contributed by atoms with van der Waals surface area (Å²) >= 11 is 0. The van der Waals surface area contributed by atoms with E-state index in [0.29, 0.717) is 25.7 Å². The lowest BCUT2D eigenvalue weighted by Crippen LogP contribution is -2.32. The summed E-state index contributed by atoms with van der Waals surface area (Å²) in [5.41, 5.74) is 0. The molecule has 0 aromatic heterocycles. The molecule has 0 unspecified atom stereocenters. The van der Waals surface area contributed by atoms with Crippen LogP contribution in [0, 0.1) is 5.92 Å². The highest BCUT2D eigenvalue weighted by molar-refractivity contribution is 5.76. The van der Waals surface area contributed by atoms with Crippen molar-refractivity contribution in [3.63, 3.8) is 0 Å². The van der Waals surface area contributed by atoms with Crippen LogP contribution in [0.15, 0.2) is 0 Å². The molecule has 0 rings (SSSR count). The minimum atomic E-state index is -1.05. The van der Waals surface area contributed by atoms with Crippen molar-refractivity contribution in [2.24, 2.45) is 5.92 Å². The van der Waals surface area contributed by atoms with E-state index in [0.717, 1.165) is 128 Å². The molecule has 0 radical (unpaired) electrons. The van der Waals surface area contributed by atoms with Crippen LogP contribution in [0.1, 0.15) is 240 Å². The van der Waals surface area contributed by atoms with E-state index in [1.54, 1.807) is 6.92 Å². The monoisotopic (exact) mass is 941 g/mol. The van der Waals surface area contributed by atoms with E-state index in [9.17, 15) is 33.6 Å². The summed E-state index contributed by atoms with van der Waals surface area (Å²) in [7, 11) is 0. The minimum Gasteiger partial charge on any atom is -0.466 e. The second-order valence-corrected chi connectivity index (χ2v) is 17.6. The number of hydrogen-bond acceptors (Lipinski definition) is 14. The summed E-state index contributed by atoms with van der Waals surface area (Å²) in [5, 5.41) is 0. The molecular formula is C52H92O14. The molecule has 14 nitrogen and oxygen atoms in total. The van der Waals surface area contributed by atoms with Gasteiger partial charge in [0, 0.05) is 38.5 Å². The Balaban J connectivity index is 5.47. The van der Waals surface area contributed by atoms with Gasteiger partial charge in [0.05, 0.1) is 12.5 Å². The molecule has 0 aliphatic carbocycles. The minimum absolute atomic E-state index is 0.0250. The van der Waals surface area contributed by atoms with Crippen LogP contribution in [0.25, 0.3) is 0 Å². The number of carbonyl (C=O) groups is 7. The smallest absolute Gasteiger partial charge is 0.308 e. The average Bonchev–Trinajstić information content (AvgIpc) is 3.30. The topological polar surface area (TPSA) is 184 Å². The van der Waals surface area contributed by atoms with Crippen molar-refractivity contribution in [3.8, 4) is 0 Å². The highest BCUT2D eigenvalue weighted by Gasteiger charge is 2.27. The molecule has 0 amide bonds. The Morgan fingerprint density at radius 2 is 0.561 bits per heavy atom. The predicted molar refractivity (Wildman–Crippen MR) is 254 cm³/mol. The maximum absolute atomic E-state index is 13.2. The lowest BCUT2D eigenvalue weighted by molar-refractivity contribution is -0.168. The lowest BCUT2D eigenvalue weighted by atomic mass is 9.97. The third-order valence-electron chi connectivity index (χ3n) is 11.3. The van der Waals surface area contributed by atoms with E-state index < -0.39 is 59.9 Å². The number of hydrogen-bond donors (Lipinski definition) is 0. The summed E-state index contributed by atoms with van der Waals surface area (Å²) in [5.74, 6) is -4.62. The van der Waals surface area contributed by atoms with E-state index in [2.05, 4.69) is 27.7 Å². The highest BCUT2D eigenvalue weighted by Crippen LogP contribution is 2.19. The van der Waals surface area contributed by atoms with Crippen molar-refractivity contribution < 1.29 is 66.7 Å². The summed E-state index contributed by atoms with van der Waals surface area (Å²) in [6, 6.07) is 0. The fourth-order valence-electron chi connectivity index (χ4n) is 7.18. The Morgan fingerprint density at radius 1 is 0.303 bits per heavy atom. The normalized spacial score (nSPS) is 11.2. The molecule has 0 aromatic carbocycles. The summed E-state index contributed by atoms with van der Waals surface area (Å²) in [6.07, 6.45) is 22.4. The van der Waals surface area contributed by atoms with Crippen LogP contribution in [0.2, 0.25) is 0 Å². The second-order valence-electron chi connectivity index (χ2n) is 17.6. The van der Waals surface area contributed by atoms with Crippen molar-refractivity contribution in [1.82, 2.24) is 0 Å². The van der Waals surface area contributed by atoms with Crippen molar-refractivity contribution in [2.45, 2.75) is 252 Å². The first-order valence-corrected chi connectivity index (χ1v) is 26.2. The van der Waals surface area contributed by atoms with E-state index in [4.69, 9.17) is 33.2 Å². The van der Waals surface area contributed by atoms with Gasteiger partial charge in [-0.1, -0.05) is 156 Å². The molecule has 0 bridgehead atoms. The quantitative estimate of drug-likeness (QED) is 0.0319. The first kappa shape index (κ1) is 62.3. The summed E-state index contributed by atoms with van der Waals surface area (Å²) in [4.78, 5) is 89.5. The first-order chi connectivity index (χ1) is 32.0. The molecule has 0 saturated carbocycles. The molecule has 0 saturated heterocycles. The molecule has 0 atom stereocenters. The molecule has 66 heavy (non-hydrogen) atoms. The lowest BCUT2D eigenvalue weighted by Gasteiger charge is -2.20. The van der Waals surface area contributed by atoms with Crippen molar-refractivity contribution >= 4 is 41.8 Å². The van der Waals surface area contributed by atoms with Gasteiger partial charge in [-0.2, -0.15) is 0 Å². The van der Waals surface area contributed by atoms with Gasteiger partial charge in [-0.25, -0.2) is 0 Å². The zero-order valence-corrected chi connectivity index (χ0v) is 42.1. The van der Waals surface area contributed by atoms with Crippen LogP contribution in [-0.4, -0.2) is 87.0 Å². The fraction of sp³-hybridized carbons (Fsp3) is 0.865. The molecule has 0 aliphatic heterocycles. The van der Waals surface area contributed by atoms with Gasteiger partial charge in [0.15, 0.2) is 12.2 Å². The van der Waals surface area contributed by atoms with Gasteiger partial charge in [0.25, 0.3) is 0 Å². The molecule has 0 N–H and O–H groups in total. The van der Waals surface area contributed by atoms with Gasteiger partial charge < -0.3 is 33.2 Å². The van der Waals surface area contributed by atoms with Crippen LogP contribution >= 0.6 is 0 Å². The van der Waals surface area contributed by atoms with Crippen molar-refractivity contribution in [2.75, 3.05) is 33.0 Å². The van der Waals surface area contributed by atoms with E-state index in [-0.39, 0.29) is 84.4 Å². The number of rotatable bonds is 46. The number of carbonyl (C=O) groups excluding carboxylic acids is 7. The van der Waals surface area contributed by atoms with Crippen LogP contribution in [0.3, 0.4) is 0 Å². The van der Waals surface area contributed by atoms with Gasteiger partial charge in [-0.3, -0.25) is 33.6 Å². The SMILES string of the molecule is CCCCCCCCC(=O)OCC(COC(=O)CCCCCCCC)OC(=O)CCC(CCC(=O)OC(COC(=O)CCCCCCCC)COC(=O)CCCCCCCC)C(=O)OCC. The Kier molecular flexibility index (Phi) is 42.6. The summed E-state index contributed by atoms with van der Waals surface area (Å²) < 4.78 is 38.2. The van der Waals surface area contributed by atoms with E-state index >= 15 is 0 Å². The van der Waals surface area contributed by atoms with Gasteiger partial charge in [-0.15, -0.1) is 0 Å². The van der Waals surface area contributed by atoms with Crippen molar-refractivity contribution in [3.05, 3.63) is 0 Å². The van der Waals surface area contributed by atoms with Gasteiger partial charge in [-0.05, 0) is 45.4 Å². The second kappa shape index (κ2) is 45.1. The Morgan fingerprint density at radius 3 is 0.818 bits per heavy atom. The molecule has 0 aliphatic rings. The number of ether oxygens (including phenoxy) is 7. The number of esters is 7. The third kappa shape index (κ3) is 39.5. The predicted octanol–water partition coefficient (Wildman–Crippen LogP) is 11.7. The van der Waals surface area contributed by atoms with E-state index in [1.165, 1.54) is 0 Å². The average molecular weight is 941 g/mol. The Hall–Kier alpha value is -3.71. The van der Waals surface area contributed by atoms with Gasteiger partial charge in [0.2, 0.25) is 0 Å². The molecular weight excluding hydrogens is 849 g/mol. The maximum Gasteiger partial charge on any atom is 0.308 e. The van der Waals surface area contributed by atoms with Crippen molar-refractivity contribution in [1.29, 1.82) is 0 Å². The van der Waals surface area contributed by atoms with Crippen LogP contribution in [0.5, 0.6) is 0 Å². The third-order valence-corrected chi connectivity index (χ3v) is 11.3. The molecule has 0 aromatic rings.